The summed E-state index contributed by atoms with van der Waals surface area (Å²) in [7, 11) is 0. The van der Waals surface area contributed by atoms with E-state index >= 15 is 0 Å². The van der Waals surface area contributed by atoms with Crippen LogP contribution in [-0.4, -0.2) is 23.1 Å². The van der Waals surface area contributed by atoms with Crippen LogP contribution < -0.4 is 4.90 Å². The van der Waals surface area contributed by atoms with Crippen LogP contribution in [0.4, 0.5) is 11.4 Å². The van der Waals surface area contributed by atoms with E-state index in [1.54, 1.807) is 25.1 Å². The summed E-state index contributed by atoms with van der Waals surface area (Å²) < 4.78 is 0. The number of aliphatic hydroxyl groups excluding tert-OH is 1. The maximum absolute atomic E-state index is 11.2. The smallest absolute Gasteiger partial charge is 0.292 e. The van der Waals surface area contributed by atoms with Crippen LogP contribution in [0.25, 0.3) is 0 Å². The second kappa shape index (κ2) is 6.89. The van der Waals surface area contributed by atoms with Gasteiger partial charge in [0.1, 0.15) is 5.69 Å². The number of hydrogen-bond acceptors (Lipinski definition) is 4. The monoisotopic (exact) mass is 264 g/mol. The van der Waals surface area contributed by atoms with Crippen LogP contribution in [-0.2, 0) is 0 Å². The molecule has 0 aliphatic rings. The van der Waals surface area contributed by atoms with E-state index in [4.69, 9.17) is 0 Å². The number of nitro groups is 1. The zero-order chi connectivity index (χ0) is 14.4. The van der Waals surface area contributed by atoms with Gasteiger partial charge in [-0.2, -0.15) is 0 Å². The normalized spacial score (nSPS) is 11.9. The van der Waals surface area contributed by atoms with Gasteiger partial charge < -0.3 is 10.0 Å². The summed E-state index contributed by atoms with van der Waals surface area (Å²) in [4.78, 5) is 12.7. The van der Waals surface area contributed by atoms with E-state index in [-0.39, 0.29) is 5.69 Å². The van der Waals surface area contributed by atoms with Crippen molar-refractivity contribution >= 4 is 11.4 Å². The fourth-order valence-electron chi connectivity index (χ4n) is 1.95. The first kappa shape index (κ1) is 15.2. The third kappa shape index (κ3) is 3.79. The fourth-order valence-corrected chi connectivity index (χ4v) is 1.95. The Morgan fingerprint density at radius 1 is 1.58 bits per heavy atom. The SMILES string of the molecule is C=CCN(CCC)c1ccc([C@@H](C)O)cc1[N+](=O)[O-]. The molecule has 1 aromatic carbocycles. The summed E-state index contributed by atoms with van der Waals surface area (Å²) in [5.74, 6) is 0. The number of benzene rings is 1. The molecular formula is C14H20N2O3. The van der Waals surface area contributed by atoms with Gasteiger partial charge in [0.05, 0.1) is 11.0 Å². The Balaban J connectivity index is 3.24. The minimum absolute atomic E-state index is 0.0219. The first-order valence-corrected chi connectivity index (χ1v) is 6.33. The molecule has 0 saturated carbocycles. The number of nitrogens with zero attached hydrogens (tertiary/aromatic N) is 2. The maximum Gasteiger partial charge on any atom is 0.292 e. The Bertz CT molecular complexity index is 458. The van der Waals surface area contributed by atoms with Gasteiger partial charge in [-0.3, -0.25) is 10.1 Å². The van der Waals surface area contributed by atoms with Gasteiger partial charge in [-0.25, -0.2) is 0 Å². The van der Waals surface area contributed by atoms with E-state index in [2.05, 4.69) is 6.58 Å². The molecule has 19 heavy (non-hydrogen) atoms. The van der Waals surface area contributed by atoms with E-state index in [0.29, 0.717) is 17.8 Å². The molecule has 0 aliphatic heterocycles. The molecule has 0 spiro atoms. The molecular weight excluding hydrogens is 244 g/mol. The quantitative estimate of drug-likeness (QED) is 0.467. The molecule has 5 heteroatoms. The minimum Gasteiger partial charge on any atom is -0.389 e. The van der Waals surface area contributed by atoms with Gasteiger partial charge >= 0.3 is 0 Å². The Morgan fingerprint density at radius 3 is 2.74 bits per heavy atom. The molecule has 1 N–H and O–H groups in total. The van der Waals surface area contributed by atoms with Crippen LogP contribution >= 0.6 is 0 Å². The molecule has 1 aromatic rings. The molecule has 0 bridgehead atoms. The molecule has 0 unspecified atom stereocenters. The average Bonchev–Trinajstić information content (AvgIpc) is 2.37. The van der Waals surface area contributed by atoms with E-state index in [0.717, 1.165) is 13.0 Å². The number of nitro benzene ring substituents is 1. The predicted molar refractivity (Wildman–Crippen MR) is 76.4 cm³/mol. The van der Waals surface area contributed by atoms with Crippen LogP contribution in [0.5, 0.6) is 0 Å². The first-order chi connectivity index (χ1) is 9.01. The molecule has 0 fully saturated rings. The number of hydrogen-bond donors (Lipinski definition) is 1. The molecule has 1 atom stereocenters. The summed E-state index contributed by atoms with van der Waals surface area (Å²) in [6.07, 6.45) is 1.90. The summed E-state index contributed by atoms with van der Waals surface area (Å²) >= 11 is 0. The number of anilines is 1. The number of aliphatic hydroxyl groups is 1. The lowest BCUT2D eigenvalue weighted by Gasteiger charge is -2.22. The molecule has 0 saturated heterocycles. The molecule has 0 aromatic heterocycles. The van der Waals surface area contributed by atoms with E-state index in [1.807, 2.05) is 11.8 Å². The van der Waals surface area contributed by atoms with Crippen molar-refractivity contribution in [3.63, 3.8) is 0 Å². The lowest BCUT2D eigenvalue weighted by atomic mass is 10.1. The summed E-state index contributed by atoms with van der Waals surface area (Å²) in [5, 5.41) is 20.7. The molecule has 104 valence electrons. The van der Waals surface area contributed by atoms with Crippen LogP contribution in [0.2, 0.25) is 0 Å². The van der Waals surface area contributed by atoms with Gasteiger partial charge in [0.25, 0.3) is 5.69 Å². The third-order valence-electron chi connectivity index (χ3n) is 2.86. The summed E-state index contributed by atoms with van der Waals surface area (Å²) in [6.45, 7) is 8.57. The molecule has 5 nitrogen and oxygen atoms in total. The molecule has 0 radical (unpaired) electrons. The topological polar surface area (TPSA) is 66.6 Å². The van der Waals surface area contributed by atoms with Crippen molar-refractivity contribution in [1.82, 2.24) is 0 Å². The highest BCUT2D eigenvalue weighted by Crippen LogP contribution is 2.31. The van der Waals surface area contributed by atoms with Crippen LogP contribution in [0.3, 0.4) is 0 Å². The van der Waals surface area contributed by atoms with Crippen molar-refractivity contribution in [2.45, 2.75) is 26.4 Å². The lowest BCUT2D eigenvalue weighted by Crippen LogP contribution is -2.24. The Hall–Kier alpha value is -1.88. The summed E-state index contributed by atoms with van der Waals surface area (Å²) in [6, 6.07) is 4.85. The highest BCUT2D eigenvalue weighted by atomic mass is 16.6. The standard InChI is InChI=1S/C14H20N2O3/c1-4-8-15(9-5-2)13-7-6-12(11(3)17)10-14(13)16(18)19/h4,6-7,10-11,17H,1,5,8-9H2,2-3H3/t11-/m1/s1. The molecule has 1 rings (SSSR count). The van der Waals surface area contributed by atoms with Crippen LogP contribution in [0, 0.1) is 10.1 Å². The Morgan fingerprint density at radius 2 is 2.26 bits per heavy atom. The maximum atomic E-state index is 11.2. The van der Waals surface area contributed by atoms with Crippen molar-refractivity contribution in [3.8, 4) is 0 Å². The molecule has 0 heterocycles. The zero-order valence-corrected chi connectivity index (χ0v) is 11.4. The predicted octanol–water partition coefficient (Wildman–Crippen LogP) is 3.05. The van der Waals surface area contributed by atoms with E-state index in [9.17, 15) is 15.2 Å². The van der Waals surface area contributed by atoms with Gasteiger partial charge in [-0.15, -0.1) is 6.58 Å². The molecule has 0 aliphatic carbocycles. The third-order valence-corrected chi connectivity index (χ3v) is 2.86. The van der Waals surface area contributed by atoms with Gasteiger partial charge in [0, 0.05) is 19.2 Å². The lowest BCUT2D eigenvalue weighted by molar-refractivity contribution is -0.384. The van der Waals surface area contributed by atoms with Crippen molar-refractivity contribution in [2.75, 3.05) is 18.0 Å². The van der Waals surface area contributed by atoms with Crippen LogP contribution in [0.1, 0.15) is 31.9 Å². The van der Waals surface area contributed by atoms with Crippen molar-refractivity contribution in [1.29, 1.82) is 0 Å². The van der Waals surface area contributed by atoms with Gasteiger partial charge in [0.15, 0.2) is 0 Å². The van der Waals surface area contributed by atoms with Crippen molar-refractivity contribution < 1.29 is 10.0 Å². The van der Waals surface area contributed by atoms with E-state index in [1.165, 1.54) is 6.07 Å². The van der Waals surface area contributed by atoms with Gasteiger partial charge in [-0.1, -0.05) is 19.1 Å². The Kier molecular flexibility index (Phi) is 5.51. The Labute approximate surface area is 113 Å². The highest BCUT2D eigenvalue weighted by Gasteiger charge is 2.20. The largest absolute Gasteiger partial charge is 0.389 e. The van der Waals surface area contributed by atoms with Crippen LogP contribution in [0.15, 0.2) is 30.9 Å². The summed E-state index contributed by atoms with van der Waals surface area (Å²) in [5.41, 5.74) is 1.13. The second-order valence-corrected chi connectivity index (χ2v) is 4.42. The number of rotatable bonds is 7. The van der Waals surface area contributed by atoms with Crippen molar-refractivity contribution in [2.24, 2.45) is 0 Å². The first-order valence-electron chi connectivity index (χ1n) is 6.33. The highest BCUT2D eigenvalue weighted by molar-refractivity contribution is 5.64. The molecule has 0 amide bonds. The van der Waals surface area contributed by atoms with Crippen molar-refractivity contribution in [3.05, 3.63) is 46.5 Å². The fraction of sp³-hybridized carbons (Fsp3) is 0.429. The van der Waals surface area contributed by atoms with Gasteiger partial charge in [-0.05, 0) is 25.0 Å². The van der Waals surface area contributed by atoms with E-state index < -0.39 is 11.0 Å². The second-order valence-electron chi connectivity index (χ2n) is 4.42. The van der Waals surface area contributed by atoms with Gasteiger partial charge in [0.2, 0.25) is 0 Å². The minimum atomic E-state index is -0.716. The average molecular weight is 264 g/mol. The zero-order valence-electron chi connectivity index (χ0n) is 11.4.